The number of nitrogens with zero attached hydrogens (tertiary/aromatic N) is 2. The maximum absolute atomic E-state index is 12.5. The third-order valence-electron chi connectivity index (χ3n) is 4.56. The summed E-state index contributed by atoms with van der Waals surface area (Å²) in [6.07, 6.45) is 6.12. The predicted octanol–water partition coefficient (Wildman–Crippen LogP) is 2.61. The first kappa shape index (κ1) is 17.0. The van der Waals surface area contributed by atoms with E-state index in [1.807, 2.05) is 35.9 Å². The normalized spacial score (nSPS) is 20.2. The van der Waals surface area contributed by atoms with E-state index < -0.39 is 0 Å². The van der Waals surface area contributed by atoms with E-state index in [-0.39, 0.29) is 23.0 Å². The fourth-order valence-electron chi connectivity index (χ4n) is 4.09. The quantitative estimate of drug-likeness (QED) is 0.910. The second-order valence-corrected chi connectivity index (χ2v) is 8.44. The van der Waals surface area contributed by atoms with Gasteiger partial charge >= 0.3 is 0 Å². The summed E-state index contributed by atoms with van der Waals surface area (Å²) in [7, 11) is 0. The molecule has 1 aliphatic rings. The molecule has 2 aromatic rings. The SMILES string of the molecule is Cc1ccn2cc(CC(=O)NC3CC(C)(C)NC(C)(C)C3)nc2c1. The van der Waals surface area contributed by atoms with E-state index in [9.17, 15) is 4.79 Å². The highest BCUT2D eigenvalue weighted by atomic mass is 16.1. The largest absolute Gasteiger partial charge is 0.353 e. The van der Waals surface area contributed by atoms with Crippen molar-refractivity contribution in [3.8, 4) is 0 Å². The first-order valence-electron chi connectivity index (χ1n) is 8.65. The van der Waals surface area contributed by atoms with Gasteiger partial charge in [0.1, 0.15) is 5.65 Å². The third-order valence-corrected chi connectivity index (χ3v) is 4.56. The Morgan fingerprint density at radius 2 is 2.00 bits per heavy atom. The second kappa shape index (κ2) is 5.88. The van der Waals surface area contributed by atoms with Crippen molar-refractivity contribution in [2.75, 3.05) is 0 Å². The van der Waals surface area contributed by atoms with Crippen LogP contribution < -0.4 is 10.6 Å². The summed E-state index contributed by atoms with van der Waals surface area (Å²) < 4.78 is 1.96. The fourth-order valence-corrected chi connectivity index (χ4v) is 4.09. The van der Waals surface area contributed by atoms with E-state index in [0.29, 0.717) is 6.42 Å². The van der Waals surface area contributed by atoms with Gasteiger partial charge in [-0.15, -0.1) is 0 Å². The van der Waals surface area contributed by atoms with Crippen molar-refractivity contribution in [2.24, 2.45) is 0 Å². The zero-order chi connectivity index (χ0) is 17.5. The van der Waals surface area contributed by atoms with E-state index in [2.05, 4.69) is 43.3 Å². The van der Waals surface area contributed by atoms with Crippen LogP contribution in [0.1, 0.15) is 51.8 Å². The van der Waals surface area contributed by atoms with E-state index in [1.54, 1.807) is 0 Å². The Kier molecular flexibility index (Phi) is 4.16. The van der Waals surface area contributed by atoms with E-state index >= 15 is 0 Å². The van der Waals surface area contributed by atoms with Crippen molar-refractivity contribution in [3.63, 3.8) is 0 Å². The molecule has 0 aromatic carbocycles. The summed E-state index contributed by atoms with van der Waals surface area (Å²) in [5, 5.41) is 6.85. The number of nitrogens with one attached hydrogen (secondary N) is 2. The molecule has 130 valence electrons. The van der Waals surface area contributed by atoms with Crippen molar-refractivity contribution in [3.05, 3.63) is 35.8 Å². The second-order valence-electron chi connectivity index (χ2n) is 8.44. The minimum atomic E-state index is 0.0281. The maximum Gasteiger partial charge on any atom is 0.226 e. The Morgan fingerprint density at radius 1 is 1.33 bits per heavy atom. The number of hydrogen-bond donors (Lipinski definition) is 2. The van der Waals surface area contributed by atoms with Crippen molar-refractivity contribution in [2.45, 2.75) is 71.0 Å². The van der Waals surface area contributed by atoms with Crippen molar-refractivity contribution in [1.82, 2.24) is 20.0 Å². The van der Waals surface area contributed by atoms with Crippen LogP contribution >= 0.6 is 0 Å². The first-order valence-corrected chi connectivity index (χ1v) is 8.65. The minimum absolute atomic E-state index is 0.0281. The van der Waals surface area contributed by atoms with Gasteiger partial charge in [0.15, 0.2) is 0 Å². The molecule has 0 bridgehead atoms. The molecule has 1 fully saturated rings. The molecular formula is C19H28N4O. The molecule has 0 spiro atoms. The number of imidazole rings is 1. The van der Waals surface area contributed by atoms with Crippen LogP contribution in [0.15, 0.2) is 24.5 Å². The fraction of sp³-hybridized carbons (Fsp3) is 0.579. The van der Waals surface area contributed by atoms with Crippen LogP contribution in [-0.2, 0) is 11.2 Å². The van der Waals surface area contributed by atoms with Crippen LogP contribution in [0.4, 0.5) is 0 Å². The third kappa shape index (κ3) is 3.96. The molecule has 2 N–H and O–H groups in total. The standard InChI is InChI=1S/C19H28N4O/c1-13-6-7-23-12-14(20-16(23)8-13)9-17(24)21-15-10-18(2,3)22-19(4,5)11-15/h6-8,12,15,22H,9-11H2,1-5H3,(H,21,24). The van der Waals surface area contributed by atoms with Crippen LogP contribution in [0, 0.1) is 6.92 Å². The van der Waals surface area contributed by atoms with E-state index in [4.69, 9.17) is 0 Å². The van der Waals surface area contributed by atoms with E-state index in [1.165, 1.54) is 5.56 Å². The van der Waals surface area contributed by atoms with Gasteiger partial charge in [0.2, 0.25) is 5.91 Å². The Labute approximate surface area is 143 Å². The van der Waals surface area contributed by atoms with Crippen LogP contribution in [0.2, 0.25) is 0 Å². The molecule has 1 aliphatic heterocycles. The van der Waals surface area contributed by atoms with Gasteiger partial charge in [-0.3, -0.25) is 4.79 Å². The summed E-state index contributed by atoms with van der Waals surface area (Å²) in [5.41, 5.74) is 2.93. The first-order chi connectivity index (χ1) is 11.1. The summed E-state index contributed by atoms with van der Waals surface area (Å²) in [6.45, 7) is 10.8. The molecular weight excluding hydrogens is 300 g/mol. The average Bonchev–Trinajstić information content (AvgIpc) is 2.75. The molecule has 24 heavy (non-hydrogen) atoms. The lowest BCUT2D eigenvalue weighted by Crippen LogP contribution is -2.62. The number of aromatic nitrogens is 2. The maximum atomic E-state index is 12.5. The molecule has 0 saturated carbocycles. The van der Waals surface area contributed by atoms with E-state index in [0.717, 1.165) is 24.2 Å². The molecule has 0 radical (unpaired) electrons. The Morgan fingerprint density at radius 3 is 2.67 bits per heavy atom. The topological polar surface area (TPSA) is 58.4 Å². The number of carbonyl (C=O) groups is 1. The monoisotopic (exact) mass is 328 g/mol. The zero-order valence-corrected chi connectivity index (χ0v) is 15.3. The molecule has 0 atom stereocenters. The van der Waals surface area contributed by atoms with Crippen LogP contribution in [0.3, 0.4) is 0 Å². The molecule has 3 heterocycles. The number of rotatable bonds is 3. The Balaban J connectivity index is 1.66. The lowest BCUT2D eigenvalue weighted by Gasteiger charge is -2.46. The van der Waals surface area contributed by atoms with Gasteiger partial charge in [-0.1, -0.05) is 0 Å². The summed E-state index contributed by atoms with van der Waals surface area (Å²) in [6, 6.07) is 4.26. The minimum Gasteiger partial charge on any atom is -0.353 e. The van der Waals surface area contributed by atoms with Gasteiger partial charge in [-0.05, 0) is 65.2 Å². The average molecular weight is 328 g/mol. The van der Waals surface area contributed by atoms with Crippen LogP contribution in [-0.4, -0.2) is 32.4 Å². The lowest BCUT2D eigenvalue weighted by molar-refractivity contribution is -0.121. The van der Waals surface area contributed by atoms with Gasteiger partial charge < -0.3 is 15.0 Å². The number of fused-ring (bicyclic) bond motifs is 1. The van der Waals surface area contributed by atoms with Gasteiger partial charge in [-0.25, -0.2) is 4.98 Å². The number of carbonyl (C=O) groups excluding carboxylic acids is 1. The predicted molar refractivity (Wildman–Crippen MR) is 96.1 cm³/mol. The zero-order valence-electron chi connectivity index (χ0n) is 15.3. The Hall–Kier alpha value is -1.88. The van der Waals surface area contributed by atoms with Crippen LogP contribution in [0.25, 0.3) is 5.65 Å². The number of hydrogen-bond acceptors (Lipinski definition) is 3. The molecule has 5 heteroatoms. The van der Waals surface area contributed by atoms with Gasteiger partial charge in [-0.2, -0.15) is 0 Å². The molecule has 1 amide bonds. The molecule has 5 nitrogen and oxygen atoms in total. The van der Waals surface area contributed by atoms with Crippen molar-refractivity contribution in [1.29, 1.82) is 0 Å². The molecule has 3 rings (SSSR count). The number of piperidine rings is 1. The van der Waals surface area contributed by atoms with Gasteiger partial charge in [0.25, 0.3) is 0 Å². The number of amides is 1. The highest BCUT2D eigenvalue weighted by Gasteiger charge is 2.38. The molecule has 1 saturated heterocycles. The lowest BCUT2D eigenvalue weighted by atomic mass is 9.79. The van der Waals surface area contributed by atoms with Gasteiger partial charge in [0, 0.05) is 29.5 Å². The highest BCUT2D eigenvalue weighted by Crippen LogP contribution is 2.28. The highest BCUT2D eigenvalue weighted by molar-refractivity contribution is 5.78. The summed E-state index contributed by atoms with van der Waals surface area (Å²) in [5.74, 6) is 0.0497. The van der Waals surface area contributed by atoms with Gasteiger partial charge in [0.05, 0.1) is 12.1 Å². The Bertz CT molecular complexity index is 744. The molecule has 0 aliphatic carbocycles. The summed E-state index contributed by atoms with van der Waals surface area (Å²) >= 11 is 0. The molecule has 0 unspecified atom stereocenters. The molecule has 2 aromatic heterocycles. The number of aryl methyl sites for hydroxylation is 1. The van der Waals surface area contributed by atoms with Crippen molar-refractivity contribution >= 4 is 11.6 Å². The smallest absolute Gasteiger partial charge is 0.226 e. The van der Waals surface area contributed by atoms with Crippen LogP contribution in [0.5, 0.6) is 0 Å². The number of pyridine rings is 1. The summed E-state index contributed by atoms with van der Waals surface area (Å²) in [4.78, 5) is 17.0. The van der Waals surface area contributed by atoms with Crippen molar-refractivity contribution < 1.29 is 4.79 Å².